The molecule has 0 aliphatic heterocycles. The molecule has 0 saturated heterocycles. The van der Waals surface area contributed by atoms with E-state index >= 15 is 0 Å². The minimum Gasteiger partial charge on any atom is -0.467 e. The lowest BCUT2D eigenvalue weighted by Gasteiger charge is -2.34. The number of hydrogen-bond donors (Lipinski definition) is 0. The summed E-state index contributed by atoms with van der Waals surface area (Å²) in [5.74, 6) is 0.854. The number of nitrogens with zero attached hydrogens (tertiary/aromatic N) is 3. The molecular formula is C22H25N3O3. The maximum absolute atomic E-state index is 13.1. The molecule has 0 atom stereocenters. The minimum atomic E-state index is -0.103. The predicted octanol–water partition coefficient (Wildman–Crippen LogP) is 3.74. The van der Waals surface area contributed by atoms with Gasteiger partial charge in [0.1, 0.15) is 5.76 Å². The van der Waals surface area contributed by atoms with Crippen LogP contribution in [0.2, 0.25) is 0 Å². The van der Waals surface area contributed by atoms with Crippen molar-refractivity contribution in [1.29, 1.82) is 0 Å². The number of rotatable bonds is 6. The topological polar surface area (TPSA) is 68.3 Å². The SMILES string of the molecule is O=C(CCn1cnc2ccccc2c1=O)N(Cc1ccco1)C1CCCCC1. The van der Waals surface area contributed by atoms with E-state index in [0.29, 0.717) is 24.0 Å². The molecule has 0 bridgehead atoms. The third kappa shape index (κ3) is 4.01. The van der Waals surface area contributed by atoms with Gasteiger partial charge in [-0.3, -0.25) is 14.2 Å². The van der Waals surface area contributed by atoms with Gasteiger partial charge >= 0.3 is 0 Å². The van der Waals surface area contributed by atoms with Crippen LogP contribution in [0.5, 0.6) is 0 Å². The molecule has 0 unspecified atom stereocenters. The number of carbonyl (C=O) groups is 1. The standard InChI is InChI=1S/C22H25N3O3/c26-21(12-13-24-16-23-20-11-5-4-10-19(20)22(24)27)25(15-18-9-6-14-28-18)17-7-2-1-3-8-17/h4-6,9-11,14,16-17H,1-3,7-8,12-13,15H2. The van der Waals surface area contributed by atoms with Crippen molar-refractivity contribution >= 4 is 16.8 Å². The maximum atomic E-state index is 13.1. The molecule has 4 rings (SSSR count). The highest BCUT2D eigenvalue weighted by molar-refractivity contribution is 5.77. The molecule has 146 valence electrons. The van der Waals surface area contributed by atoms with Crippen molar-refractivity contribution in [2.45, 2.75) is 57.7 Å². The lowest BCUT2D eigenvalue weighted by Crippen LogP contribution is -2.41. The van der Waals surface area contributed by atoms with Crippen molar-refractivity contribution in [3.8, 4) is 0 Å². The van der Waals surface area contributed by atoms with Crippen LogP contribution in [0.1, 0.15) is 44.3 Å². The van der Waals surface area contributed by atoms with E-state index in [0.717, 1.165) is 31.4 Å². The Hall–Kier alpha value is -2.89. The molecule has 1 fully saturated rings. The Bertz CT molecular complexity index is 988. The second-order valence-electron chi connectivity index (χ2n) is 7.40. The Morgan fingerprint density at radius 2 is 1.96 bits per heavy atom. The first kappa shape index (κ1) is 18.5. The molecule has 1 aliphatic rings. The van der Waals surface area contributed by atoms with Crippen molar-refractivity contribution in [1.82, 2.24) is 14.5 Å². The Kier molecular flexibility index (Phi) is 5.55. The summed E-state index contributed by atoms with van der Waals surface area (Å²) in [4.78, 5) is 32.0. The Morgan fingerprint density at radius 1 is 1.14 bits per heavy atom. The molecule has 0 spiro atoms. The molecule has 0 radical (unpaired) electrons. The number of aromatic nitrogens is 2. The van der Waals surface area contributed by atoms with Gasteiger partial charge in [-0.05, 0) is 37.1 Å². The molecule has 1 aromatic carbocycles. The number of amides is 1. The van der Waals surface area contributed by atoms with Crippen molar-refractivity contribution in [3.63, 3.8) is 0 Å². The summed E-state index contributed by atoms with van der Waals surface area (Å²) < 4.78 is 7.01. The van der Waals surface area contributed by atoms with Gasteiger partial charge in [-0.25, -0.2) is 4.98 Å². The van der Waals surface area contributed by atoms with Gasteiger partial charge in [-0.2, -0.15) is 0 Å². The molecule has 3 aromatic rings. The van der Waals surface area contributed by atoms with Crippen molar-refractivity contribution < 1.29 is 9.21 Å². The molecule has 6 heteroatoms. The number of hydrogen-bond acceptors (Lipinski definition) is 4. The number of fused-ring (bicyclic) bond motifs is 1. The fourth-order valence-electron chi connectivity index (χ4n) is 4.01. The van der Waals surface area contributed by atoms with Gasteiger partial charge in [0.25, 0.3) is 5.56 Å². The van der Waals surface area contributed by atoms with Crippen LogP contribution >= 0.6 is 0 Å². The maximum Gasteiger partial charge on any atom is 0.261 e. The summed E-state index contributed by atoms with van der Waals surface area (Å²) in [6, 6.07) is 11.3. The van der Waals surface area contributed by atoms with Gasteiger partial charge in [0.05, 0.1) is 30.0 Å². The normalized spacial score (nSPS) is 15.0. The number of para-hydroxylation sites is 1. The van der Waals surface area contributed by atoms with E-state index in [-0.39, 0.29) is 23.9 Å². The molecule has 2 aromatic heterocycles. The molecule has 6 nitrogen and oxygen atoms in total. The van der Waals surface area contributed by atoms with E-state index < -0.39 is 0 Å². The first-order chi connectivity index (χ1) is 13.7. The molecule has 1 aliphatic carbocycles. The quantitative estimate of drug-likeness (QED) is 0.654. The zero-order valence-electron chi connectivity index (χ0n) is 15.9. The zero-order chi connectivity index (χ0) is 19.3. The number of carbonyl (C=O) groups excluding carboxylic acids is 1. The molecule has 28 heavy (non-hydrogen) atoms. The highest BCUT2D eigenvalue weighted by atomic mass is 16.3. The van der Waals surface area contributed by atoms with Crippen LogP contribution in [0.3, 0.4) is 0 Å². The van der Waals surface area contributed by atoms with Crippen LogP contribution in [0.4, 0.5) is 0 Å². The summed E-state index contributed by atoms with van der Waals surface area (Å²) in [5.41, 5.74) is 0.574. The van der Waals surface area contributed by atoms with Gasteiger partial charge in [-0.1, -0.05) is 31.4 Å². The first-order valence-electron chi connectivity index (χ1n) is 9.98. The summed E-state index contributed by atoms with van der Waals surface area (Å²) in [6.45, 7) is 0.818. The third-order valence-electron chi connectivity index (χ3n) is 5.54. The molecule has 0 N–H and O–H groups in total. The highest BCUT2D eigenvalue weighted by Crippen LogP contribution is 2.25. The molecular weight excluding hydrogens is 354 g/mol. The second kappa shape index (κ2) is 8.42. The second-order valence-corrected chi connectivity index (χ2v) is 7.40. The predicted molar refractivity (Wildman–Crippen MR) is 107 cm³/mol. The Morgan fingerprint density at radius 3 is 2.75 bits per heavy atom. The molecule has 2 heterocycles. The molecule has 1 saturated carbocycles. The summed E-state index contributed by atoms with van der Waals surface area (Å²) in [5, 5.41) is 0.581. The van der Waals surface area contributed by atoms with Crippen LogP contribution in [-0.2, 0) is 17.9 Å². The fraction of sp³-hybridized carbons (Fsp3) is 0.409. The average molecular weight is 379 g/mol. The Labute approximate surface area is 163 Å². The summed E-state index contributed by atoms with van der Waals surface area (Å²) >= 11 is 0. The first-order valence-corrected chi connectivity index (χ1v) is 9.98. The number of benzene rings is 1. The van der Waals surface area contributed by atoms with Crippen molar-refractivity contribution in [2.75, 3.05) is 0 Å². The van der Waals surface area contributed by atoms with E-state index in [9.17, 15) is 9.59 Å². The number of furan rings is 1. The minimum absolute atomic E-state index is 0.0587. The number of aryl methyl sites for hydroxylation is 1. The monoisotopic (exact) mass is 379 g/mol. The van der Waals surface area contributed by atoms with Crippen LogP contribution in [0.15, 0.2) is 58.2 Å². The van der Waals surface area contributed by atoms with Gasteiger partial charge in [0, 0.05) is 19.0 Å². The van der Waals surface area contributed by atoms with Gasteiger partial charge < -0.3 is 9.32 Å². The van der Waals surface area contributed by atoms with E-state index in [4.69, 9.17) is 4.42 Å². The van der Waals surface area contributed by atoms with Gasteiger partial charge in [-0.15, -0.1) is 0 Å². The van der Waals surface area contributed by atoms with Gasteiger partial charge in [0.15, 0.2) is 0 Å². The van der Waals surface area contributed by atoms with E-state index in [1.54, 1.807) is 12.3 Å². The van der Waals surface area contributed by atoms with Crippen LogP contribution in [-0.4, -0.2) is 26.4 Å². The van der Waals surface area contributed by atoms with Crippen molar-refractivity contribution in [2.24, 2.45) is 0 Å². The Balaban J connectivity index is 1.49. The van der Waals surface area contributed by atoms with E-state index in [1.807, 2.05) is 35.2 Å². The third-order valence-corrected chi connectivity index (χ3v) is 5.54. The van der Waals surface area contributed by atoms with Crippen LogP contribution in [0.25, 0.3) is 10.9 Å². The van der Waals surface area contributed by atoms with Crippen molar-refractivity contribution in [3.05, 3.63) is 65.1 Å². The van der Waals surface area contributed by atoms with Gasteiger partial charge in [0.2, 0.25) is 5.91 Å². The average Bonchev–Trinajstić information content (AvgIpc) is 3.25. The highest BCUT2D eigenvalue weighted by Gasteiger charge is 2.26. The summed E-state index contributed by atoms with van der Waals surface area (Å²) in [6.07, 6.45) is 9.05. The zero-order valence-corrected chi connectivity index (χ0v) is 15.9. The van der Waals surface area contributed by atoms with Crippen LogP contribution < -0.4 is 5.56 Å². The fourth-order valence-corrected chi connectivity index (χ4v) is 4.01. The summed E-state index contributed by atoms with van der Waals surface area (Å²) in [7, 11) is 0. The smallest absolute Gasteiger partial charge is 0.261 e. The van der Waals surface area contributed by atoms with E-state index in [1.165, 1.54) is 17.3 Å². The molecule has 1 amide bonds. The van der Waals surface area contributed by atoms with Crippen LogP contribution in [0, 0.1) is 0 Å². The lowest BCUT2D eigenvalue weighted by atomic mass is 9.94. The largest absolute Gasteiger partial charge is 0.467 e. The lowest BCUT2D eigenvalue weighted by molar-refractivity contribution is -0.135. The van der Waals surface area contributed by atoms with E-state index in [2.05, 4.69) is 4.98 Å².